The van der Waals surface area contributed by atoms with Crippen molar-refractivity contribution in [3.8, 4) is 0 Å². The van der Waals surface area contributed by atoms with Crippen LogP contribution in [0.4, 0.5) is 5.69 Å². The van der Waals surface area contributed by atoms with Crippen LogP contribution < -0.4 is 11.1 Å². The fourth-order valence-corrected chi connectivity index (χ4v) is 2.84. The minimum atomic E-state index is -0.346. The summed E-state index contributed by atoms with van der Waals surface area (Å²) >= 11 is 0. The molecule has 0 radical (unpaired) electrons. The summed E-state index contributed by atoms with van der Waals surface area (Å²) < 4.78 is 0. The first-order chi connectivity index (χ1) is 9.20. The summed E-state index contributed by atoms with van der Waals surface area (Å²) in [6.07, 6.45) is 6.30. The van der Waals surface area contributed by atoms with Crippen LogP contribution >= 0.6 is 0 Å². The molecule has 1 aromatic carbocycles. The Bertz CT molecular complexity index is 419. The predicted octanol–water partition coefficient (Wildman–Crippen LogP) is 3.10. The zero-order valence-corrected chi connectivity index (χ0v) is 11.7. The van der Waals surface area contributed by atoms with Crippen molar-refractivity contribution >= 4 is 11.6 Å². The van der Waals surface area contributed by atoms with Crippen LogP contribution in [0.25, 0.3) is 0 Å². The number of benzene rings is 1. The fourth-order valence-electron chi connectivity index (χ4n) is 2.84. The summed E-state index contributed by atoms with van der Waals surface area (Å²) in [6, 6.07) is 8.07. The van der Waals surface area contributed by atoms with Gasteiger partial charge < -0.3 is 11.1 Å². The van der Waals surface area contributed by atoms with E-state index in [4.69, 9.17) is 5.73 Å². The first kappa shape index (κ1) is 14.1. The molecule has 3 nitrogen and oxygen atoms in total. The average Bonchev–Trinajstić information content (AvgIpc) is 2.48. The van der Waals surface area contributed by atoms with Gasteiger partial charge in [0.1, 0.15) is 0 Å². The Balaban J connectivity index is 2.05. The van der Waals surface area contributed by atoms with Crippen LogP contribution in [-0.4, -0.2) is 12.5 Å². The van der Waals surface area contributed by atoms with Gasteiger partial charge in [-0.25, -0.2) is 0 Å². The lowest BCUT2D eigenvalue weighted by Gasteiger charge is -2.34. The lowest BCUT2D eigenvalue weighted by molar-refractivity contribution is -0.126. The van der Waals surface area contributed by atoms with Gasteiger partial charge in [0.2, 0.25) is 5.91 Å². The van der Waals surface area contributed by atoms with Crippen molar-refractivity contribution in [2.75, 3.05) is 11.9 Å². The van der Waals surface area contributed by atoms with E-state index in [0.29, 0.717) is 6.54 Å². The van der Waals surface area contributed by atoms with Crippen LogP contribution in [0.2, 0.25) is 0 Å². The van der Waals surface area contributed by atoms with Crippen LogP contribution in [0.15, 0.2) is 24.3 Å². The van der Waals surface area contributed by atoms with Crippen molar-refractivity contribution in [2.45, 2.75) is 45.4 Å². The van der Waals surface area contributed by atoms with Crippen LogP contribution in [-0.2, 0) is 11.2 Å². The maximum absolute atomic E-state index is 12.5. The Morgan fingerprint density at radius 3 is 2.37 bits per heavy atom. The molecule has 0 spiro atoms. The largest absolute Gasteiger partial charge is 0.329 e. The van der Waals surface area contributed by atoms with Crippen LogP contribution in [0.3, 0.4) is 0 Å². The number of hydrogen-bond donors (Lipinski definition) is 2. The molecule has 3 heteroatoms. The molecule has 0 aliphatic heterocycles. The molecule has 0 atom stereocenters. The summed E-state index contributed by atoms with van der Waals surface area (Å²) in [7, 11) is 0. The molecule has 3 N–H and O–H groups in total. The van der Waals surface area contributed by atoms with E-state index in [1.807, 2.05) is 12.1 Å². The van der Waals surface area contributed by atoms with Crippen molar-refractivity contribution < 1.29 is 4.79 Å². The molecular formula is C16H24N2O. The zero-order chi connectivity index (χ0) is 13.7. The third-order valence-corrected chi connectivity index (χ3v) is 4.30. The van der Waals surface area contributed by atoms with Gasteiger partial charge in [-0.3, -0.25) is 4.79 Å². The second-order valence-electron chi connectivity index (χ2n) is 5.55. The van der Waals surface area contributed by atoms with Gasteiger partial charge >= 0.3 is 0 Å². The molecule has 19 heavy (non-hydrogen) atoms. The predicted molar refractivity (Wildman–Crippen MR) is 79.0 cm³/mol. The summed E-state index contributed by atoms with van der Waals surface area (Å²) in [4.78, 5) is 12.5. The highest BCUT2D eigenvalue weighted by Gasteiger charge is 2.38. The summed E-state index contributed by atoms with van der Waals surface area (Å²) in [6.45, 7) is 2.57. The molecule has 0 aromatic heterocycles. The van der Waals surface area contributed by atoms with Gasteiger partial charge in [-0.1, -0.05) is 38.3 Å². The van der Waals surface area contributed by atoms with Crippen LogP contribution in [0, 0.1) is 5.41 Å². The number of carbonyl (C=O) groups excluding carboxylic acids is 1. The van der Waals surface area contributed by atoms with Crippen molar-refractivity contribution in [3.63, 3.8) is 0 Å². The highest BCUT2D eigenvalue weighted by Crippen LogP contribution is 2.36. The molecule has 1 amide bonds. The SMILES string of the molecule is CCc1ccc(NC(=O)C2(CN)CCCCC2)cc1. The maximum atomic E-state index is 12.5. The third kappa shape index (κ3) is 3.16. The minimum Gasteiger partial charge on any atom is -0.329 e. The molecule has 104 valence electrons. The molecule has 1 fully saturated rings. The molecular weight excluding hydrogens is 236 g/mol. The van der Waals surface area contributed by atoms with E-state index in [2.05, 4.69) is 24.4 Å². The number of nitrogens with two attached hydrogens (primary N) is 1. The number of aryl methyl sites for hydroxylation is 1. The summed E-state index contributed by atoms with van der Waals surface area (Å²) in [5.41, 5.74) is 7.69. The van der Waals surface area contributed by atoms with Gasteiger partial charge in [0.25, 0.3) is 0 Å². The molecule has 0 heterocycles. The van der Waals surface area contributed by atoms with Gasteiger partial charge in [-0.05, 0) is 37.0 Å². The third-order valence-electron chi connectivity index (χ3n) is 4.30. The fraction of sp³-hybridized carbons (Fsp3) is 0.562. The summed E-state index contributed by atoms with van der Waals surface area (Å²) in [5, 5.41) is 3.04. The number of hydrogen-bond acceptors (Lipinski definition) is 2. The molecule has 0 bridgehead atoms. The second kappa shape index (κ2) is 6.20. The molecule has 0 unspecified atom stereocenters. The smallest absolute Gasteiger partial charge is 0.231 e. The van der Waals surface area contributed by atoms with Gasteiger partial charge in [-0.15, -0.1) is 0 Å². The Hall–Kier alpha value is -1.35. The standard InChI is InChI=1S/C16H24N2O/c1-2-13-6-8-14(9-7-13)18-15(19)16(12-17)10-4-3-5-11-16/h6-9H,2-5,10-12,17H2,1H3,(H,18,19). The monoisotopic (exact) mass is 260 g/mol. The number of rotatable bonds is 4. The highest BCUT2D eigenvalue weighted by atomic mass is 16.2. The minimum absolute atomic E-state index is 0.0962. The number of amides is 1. The van der Waals surface area contributed by atoms with E-state index >= 15 is 0 Å². The first-order valence-corrected chi connectivity index (χ1v) is 7.31. The molecule has 1 saturated carbocycles. The van der Waals surface area contributed by atoms with E-state index in [1.165, 1.54) is 12.0 Å². The number of carbonyl (C=O) groups is 1. The molecule has 1 aromatic rings. The van der Waals surface area contributed by atoms with Gasteiger partial charge in [0.05, 0.1) is 5.41 Å². The highest BCUT2D eigenvalue weighted by molar-refractivity contribution is 5.95. The van der Waals surface area contributed by atoms with Crippen molar-refractivity contribution in [2.24, 2.45) is 11.1 Å². The van der Waals surface area contributed by atoms with Crippen LogP contribution in [0.1, 0.15) is 44.6 Å². The van der Waals surface area contributed by atoms with E-state index < -0.39 is 0 Å². The van der Waals surface area contributed by atoms with E-state index in [0.717, 1.165) is 37.8 Å². The normalized spacial score (nSPS) is 18.0. The van der Waals surface area contributed by atoms with E-state index in [9.17, 15) is 4.79 Å². The van der Waals surface area contributed by atoms with E-state index in [1.54, 1.807) is 0 Å². The van der Waals surface area contributed by atoms with Gasteiger partial charge in [0, 0.05) is 12.2 Å². The Kier molecular flexibility index (Phi) is 4.59. The van der Waals surface area contributed by atoms with Crippen LogP contribution in [0.5, 0.6) is 0 Å². The van der Waals surface area contributed by atoms with Crippen molar-refractivity contribution in [1.29, 1.82) is 0 Å². The maximum Gasteiger partial charge on any atom is 0.231 e. The van der Waals surface area contributed by atoms with E-state index in [-0.39, 0.29) is 11.3 Å². The molecule has 1 aliphatic rings. The number of nitrogens with one attached hydrogen (secondary N) is 1. The topological polar surface area (TPSA) is 55.1 Å². The quantitative estimate of drug-likeness (QED) is 0.874. The Labute approximate surface area is 115 Å². The first-order valence-electron chi connectivity index (χ1n) is 7.31. The summed E-state index contributed by atoms with van der Waals surface area (Å²) in [5.74, 6) is 0.0962. The molecule has 1 aliphatic carbocycles. The molecule has 2 rings (SSSR count). The molecule has 0 saturated heterocycles. The lowest BCUT2D eigenvalue weighted by Crippen LogP contribution is -2.43. The lowest BCUT2D eigenvalue weighted by atomic mass is 9.73. The second-order valence-corrected chi connectivity index (χ2v) is 5.55. The van der Waals surface area contributed by atoms with Crippen molar-refractivity contribution in [3.05, 3.63) is 29.8 Å². The Morgan fingerprint density at radius 2 is 1.84 bits per heavy atom. The van der Waals surface area contributed by atoms with Crippen molar-refractivity contribution in [1.82, 2.24) is 0 Å². The van der Waals surface area contributed by atoms with Gasteiger partial charge in [0.15, 0.2) is 0 Å². The average molecular weight is 260 g/mol. The Morgan fingerprint density at radius 1 is 1.21 bits per heavy atom. The van der Waals surface area contributed by atoms with Gasteiger partial charge in [-0.2, -0.15) is 0 Å². The zero-order valence-electron chi connectivity index (χ0n) is 11.7. The number of anilines is 1.